The second-order valence-corrected chi connectivity index (χ2v) is 3.45. The summed E-state index contributed by atoms with van der Waals surface area (Å²) >= 11 is 0. The second-order valence-electron chi connectivity index (χ2n) is 3.45. The van der Waals surface area contributed by atoms with Crippen molar-refractivity contribution in [1.29, 1.82) is 0 Å². The van der Waals surface area contributed by atoms with Gasteiger partial charge < -0.3 is 14.6 Å². The Morgan fingerprint density at radius 3 is 2.47 bits per heavy atom. The standard InChI is InChI=1S/C12H18O3/c1-3-14-9-15-12-6-4-11(5-7-12)8-10(2)13/h4-7,10,13H,3,8-9H2,1-2H3. The van der Waals surface area contributed by atoms with E-state index in [0.717, 1.165) is 11.3 Å². The van der Waals surface area contributed by atoms with Gasteiger partial charge in [0.25, 0.3) is 0 Å². The molecule has 0 bridgehead atoms. The average molecular weight is 210 g/mol. The van der Waals surface area contributed by atoms with E-state index in [9.17, 15) is 5.11 Å². The van der Waals surface area contributed by atoms with Gasteiger partial charge in [0.2, 0.25) is 0 Å². The van der Waals surface area contributed by atoms with Crippen molar-refractivity contribution in [3.63, 3.8) is 0 Å². The molecule has 0 aromatic heterocycles. The van der Waals surface area contributed by atoms with Crippen molar-refractivity contribution >= 4 is 0 Å². The minimum atomic E-state index is -0.305. The lowest BCUT2D eigenvalue weighted by atomic mass is 10.1. The minimum Gasteiger partial charge on any atom is -0.468 e. The zero-order valence-corrected chi connectivity index (χ0v) is 9.27. The van der Waals surface area contributed by atoms with Crippen LogP contribution in [0.4, 0.5) is 0 Å². The minimum absolute atomic E-state index is 0.284. The first-order valence-corrected chi connectivity index (χ1v) is 5.20. The number of benzene rings is 1. The van der Waals surface area contributed by atoms with Gasteiger partial charge in [-0.2, -0.15) is 0 Å². The van der Waals surface area contributed by atoms with Crippen LogP contribution >= 0.6 is 0 Å². The normalized spacial score (nSPS) is 12.5. The lowest BCUT2D eigenvalue weighted by Crippen LogP contribution is -2.04. The number of hydrogen-bond acceptors (Lipinski definition) is 3. The molecule has 3 nitrogen and oxygen atoms in total. The first-order valence-electron chi connectivity index (χ1n) is 5.20. The Hall–Kier alpha value is -1.06. The molecule has 0 aliphatic heterocycles. The Morgan fingerprint density at radius 2 is 1.93 bits per heavy atom. The van der Waals surface area contributed by atoms with Crippen LogP contribution in [0.1, 0.15) is 19.4 Å². The zero-order valence-electron chi connectivity index (χ0n) is 9.27. The molecule has 1 rings (SSSR count). The summed E-state index contributed by atoms with van der Waals surface area (Å²) in [5, 5.41) is 9.20. The van der Waals surface area contributed by atoms with Crippen LogP contribution in [0, 0.1) is 0 Å². The molecule has 1 unspecified atom stereocenters. The quantitative estimate of drug-likeness (QED) is 0.576. The lowest BCUT2D eigenvalue weighted by Gasteiger charge is -2.07. The molecule has 1 aromatic rings. The van der Waals surface area contributed by atoms with Gasteiger partial charge in [-0.15, -0.1) is 0 Å². The van der Waals surface area contributed by atoms with Gasteiger partial charge in [-0.05, 0) is 38.0 Å². The summed E-state index contributed by atoms with van der Waals surface area (Å²) in [6.45, 7) is 4.64. The number of rotatable bonds is 6. The highest BCUT2D eigenvalue weighted by Gasteiger charge is 1.99. The molecule has 0 aliphatic rings. The van der Waals surface area contributed by atoms with Gasteiger partial charge in [-0.25, -0.2) is 0 Å². The molecule has 0 amide bonds. The van der Waals surface area contributed by atoms with Gasteiger partial charge in [0.1, 0.15) is 5.75 Å². The Kier molecular flexibility index (Phi) is 5.15. The second kappa shape index (κ2) is 6.43. The molecule has 1 N–H and O–H groups in total. The predicted molar refractivity (Wildman–Crippen MR) is 58.9 cm³/mol. The highest BCUT2D eigenvalue weighted by molar-refractivity contribution is 5.27. The largest absolute Gasteiger partial charge is 0.468 e. The summed E-state index contributed by atoms with van der Waals surface area (Å²) in [6.07, 6.45) is 0.367. The van der Waals surface area contributed by atoms with E-state index >= 15 is 0 Å². The van der Waals surface area contributed by atoms with Crippen molar-refractivity contribution in [3.05, 3.63) is 29.8 Å². The van der Waals surface area contributed by atoms with Crippen LogP contribution in [0.2, 0.25) is 0 Å². The van der Waals surface area contributed by atoms with E-state index in [2.05, 4.69) is 0 Å². The molecule has 15 heavy (non-hydrogen) atoms. The van der Waals surface area contributed by atoms with Crippen LogP contribution in [0.3, 0.4) is 0 Å². The Morgan fingerprint density at radius 1 is 1.27 bits per heavy atom. The third-order valence-corrected chi connectivity index (χ3v) is 1.97. The molecular formula is C12H18O3. The fraction of sp³-hybridized carbons (Fsp3) is 0.500. The number of hydrogen-bond donors (Lipinski definition) is 1. The molecular weight excluding hydrogens is 192 g/mol. The van der Waals surface area contributed by atoms with Crippen molar-refractivity contribution in [2.75, 3.05) is 13.4 Å². The van der Waals surface area contributed by atoms with E-state index in [4.69, 9.17) is 9.47 Å². The first-order chi connectivity index (χ1) is 7.22. The van der Waals surface area contributed by atoms with E-state index in [1.165, 1.54) is 0 Å². The fourth-order valence-corrected chi connectivity index (χ4v) is 1.26. The van der Waals surface area contributed by atoms with Crippen LogP contribution in [0.15, 0.2) is 24.3 Å². The maximum absolute atomic E-state index is 9.20. The molecule has 0 radical (unpaired) electrons. The van der Waals surface area contributed by atoms with Gasteiger partial charge in [-0.1, -0.05) is 12.1 Å². The van der Waals surface area contributed by atoms with Gasteiger partial charge >= 0.3 is 0 Å². The summed E-state index contributed by atoms with van der Waals surface area (Å²) in [7, 11) is 0. The van der Waals surface area contributed by atoms with Crippen molar-refractivity contribution in [1.82, 2.24) is 0 Å². The van der Waals surface area contributed by atoms with E-state index in [1.807, 2.05) is 31.2 Å². The molecule has 0 saturated carbocycles. The van der Waals surface area contributed by atoms with Crippen molar-refractivity contribution < 1.29 is 14.6 Å². The monoisotopic (exact) mass is 210 g/mol. The van der Waals surface area contributed by atoms with Crippen LogP contribution in [0.5, 0.6) is 5.75 Å². The SMILES string of the molecule is CCOCOc1ccc(CC(C)O)cc1. The predicted octanol–water partition coefficient (Wildman–Crippen LogP) is 1.98. The van der Waals surface area contributed by atoms with Crippen LogP contribution in [-0.4, -0.2) is 24.6 Å². The molecule has 84 valence electrons. The molecule has 0 heterocycles. The first kappa shape index (κ1) is 12.0. The summed E-state index contributed by atoms with van der Waals surface area (Å²) < 4.78 is 10.4. The summed E-state index contributed by atoms with van der Waals surface area (Å²) in [5.74, 6) is 0.790. The molecule has 0 saturated heterocycles. The van der Waals surface area contributed by atoms with E-state index in [0.29, 0.717) is 13.0 Å². The fourth-order valence-electron chi connectivity index (χ4n) is 1.26. The molecule has 0 aliphatic carbocycles. The average Bonchev–Trinajstić information content (AvgIpc) is 2.20. The van der Waals surface area contributed by atoms with Gasteiger partial charge in [0.05, 0.1) is 6.10 Å². The third kappa shape index (κ3) is 4.81. The zero-order chi connectivity index (χ0) is 11.1. The van der Waals surface area contributed by atoms with Crippen molar-refractivity contribution in [2.45, 2.75) is 26.4 Å². The van der Waals surface area contributed by atoms with Gasteiger partial charge in [0, 0.05) is 6.61 Å². The van der Waals surface area contributed by atoms with Crippen LogP contribution < -0.4 is 4.74 Å². The highest BCUT2D eigenvalue weighted by atomic mass is 16.7. The van der Waals surface area contributed by atoms with E-state index in [1.54, 1.807) is 6.92 Å². The Labute approximate surface area is 90.6 Å². The van der Waals surface area contributed by atoms with Gasteiger partial charge in [0.15, 0.2) is 6.79 Å². The lowest BCUT2D eigenvalue weighted by molar-refractivity contribution is 0.0224. The molecule has 3 heteroatoms. The molecule has 0 spiro atoms. The maximum Gasteiger partial charge on any atom is 0.189 e. The summed E-state index contributed by atoms with van der Waals surface area (Å²) in [4.78, 5) is 0. The Balaban J connectivity index is 2.42. The maximum atomic E-state index is 9.20. The third-order valence-electron chi connectivity index (χ3n) is 1.97. The van der Waals surface area contributed by atoms with Gasteiger partial charge in [-0.3, -0.25) is 0 Å². The highest BCUT2D eigenvalue weighted by Crippen LogP contribution is 2.13. The van der Waals surface area contributed by atoms with E-state index in [-0.39, 0.29) is 12.9 Å². The van der Waals surface area contributed by atoms with Crippen LogP contribution in [0.25, 0.3) is 0 Å². The summed E-state index contributed by atoms with van der Waals surface area (Å²) in [6, 6.07) is 7.68. The van der Waals surface area contributed by atoms with E-state index < -0.39 is 0 Å². The van der Waals surface area contributed by atoms with Crippen molar-refractivity contribution in [3.8, 4) is 5.75 Å². The van der Waals surface area contributed by atoms with Crippen molar-refractivity contribution in [2.24, 2.45) is 0 Å². The molecule has 1 aromatic carbocycles. The topological polar surface area (TPSA) is 38.7 Å². The number of ether oxygens (including phenoxy) is 2. The smallest absolute Gasteiger partial charge is 0.189 e. The van der Waals surface area contributed by atoms with Crippen LogP contribution in [-0.2, 0) is 11.2 Å². The Bertz CT molecular complexity index is 267. The molecule has 1 atom stereocenters. The number of aliphatic hydroxyl groups is 1. The summed E-state index contributed by atoms with van der Waals surface area (Å²) in [5.41, 5.74) is 1.11. The molecule has 0 fully saturated rings. The number of aliphatic hydroxyl groups excluding tert-OH is 1.